The van der Waals surface area contributed by atoms with Crippen LogP contribution >= 0.6 is 11.6 Å². The van der Waals surface area contributed by atoms with E-state index in [4.69, 9.17) is 16.3 Å². The first-order chi connectivity index (χ1) is 11.9. The first-order valence-corrected chi connectivity index (χ1v) is 10.6. The molecule has 0 aliphatic heterocycles. The summed E-state index contributed by atoms with van der Waals surface area (Å²) in [4.78, 5) is 12.1. The van der Waals surface area contributed by atoms with Crippen LogP contribution in [0.5, 0.6) is 0 Å². The molecule has 0 heterocycles. The molecule has 0 fully saturated rings. The van der Waals surface area contributed by atoms with E-state index in [0.29, 0.717) is 11.4 Å². The number of carbonyl (C=O) groups excluding carboxylic acids is 1. The van der Waals surface area contributed by atoms with Gasteiger partial charge in [-0.05, 0) is 79.5 Å². The third-order valence-electron chi connectivity index (χ3n) is 3.25. The number of carbonyl (C=O) groups is 1. The van der Waals surface area contributed by atoms with Crippen molar-refractivity contribution in [1.29, 1.82) is 0 Å². The summed E-state index contributed by atoms with van der Waals surface area (Å²) in [5, 5.41) is 3.14. The van der Waals surface area contributed by atoms with Crippen LogP contribution in [0.25, 0.3) is 0 Å². The summed E-state index contributed by atoms with van der Waals surface area (Å²) >= 11 is 6.32. The molecule has 0 spiro atoms. The van der Waals surface area contributed by atoms with Crippen LogP contribution in [-0.4, -0.2) is 31.2 Å². The highest BCUT2D eigenvalue weighted by Gasteiger charge is 2.27. The Balaban J connectivity index is 2.95. The number of hydrogen-bond acceptors (Lipinski definition) is 4. The molecule has 1 amide bonds. The van der Waals surface area contributed by atoms with Gasteiger partial charge in [0.05, 0.1) is 4.90 Å². The van der Waals surface area contributed by atoms with E-state index in [-0.39, 0.29) is 4.90 Å². The summed E-state index contributed by atoms with van der Waals surface area (Å²) in [6.07, 6.45) is -0.102. The van der Waals surface area contributed by atoms with Gasteiger partial charge in [0.1, 0.15) is 5.60 Å². The zero-order valence-electron chi connectivity index (χ0n) is 17.4. The lowest BCUT2D eigenvalue weighted by molar-refractivity contribution is 0.0472. The molecule has 0 aliphatic carbocycles. The molecule has 0 radical (unpaired) electrons. The Hall–Kier alpha value is -1.31. The Morgan fingerprint density at radius 1 is 1.07 bits per heavy atom. The molecule has 6 nitrogen and oxygen atoms in total. The molecule has 27 heavy (non-hydrogen) atoms. The van der Waals surface area contributed by atoms with Gasteiger partial charge in [-0.1, -0.05) is 17.7 Å². The third kappa shape index (κ3) is 8.49. The molecule has 0 unspecified atom stereocenters. The van der Waals surface area contributed by atoms with Crippen LogP contribution in [-0.2, 0) is 21.2 Å². The second kappa shape index (κ2) is 7.97. The Kier molecular flexibility index (Phi) is 7.01. The van der Waals surface area contributed by atoms with Gasteiger partial charge < -0.3 is 10.1 Å². The Morgan fingerprint density at radius 3 is 2.07 bits per heavy atom. The first kappa shape index (κ1) is 23.7. The quantitative estimate of drug-likeness (QED) is 0.748. The Labute approximate surface area is 168 Å². The van der Waals surface area contributed by atoms with E-state index in [9.17, 15) is 13.2 Å². The van der Waals surface area contributed by atoms with Crippen molar-refractivity contribution in [3.63, 3.8) is 0 Å². The van der Waals surface area contributed by atoms with E-state index in [0.717, 1.165) is 5.56 Å². The van der Waals surface area contributed by atoms with Crippen LogP contribution in [0, 0.1) is 0 Å². The molecule has 1 rings (SSSR count). The maximum absolute atomic E-state index is 12.4. The van der Waals surface area contributed by atoms with E-state index in [2.05, 4.69) is 10.0 Å². The number of amides is 1. The van der Waals surface area contributed by atoms with Crippen molar-refractivity contribution in [2.24, 2.45) is 0 Å². The van der Waals surface area contributed by atoms with E-state index in [1.165, 1.54) is 12.1 Å². The molecule has 0 aliphatic rings. The van der Waals surface area contributed by atoms with E-state index < -0.39 is 32.8 Å². The van der Waals surface area contributed by atoms with Gasteiger partial charge in [-0.2, -0.15) is 0 Å². The molecule has 1 aromatic rings. The smallest absolute Gasteiger partial charge is 0.408 e. The number of nitrogens with one attached hydrogen (secondary N) is 2. The van der Waals surface area contributed by atoms with Gasteiger partial charge in [-0.25, -0.2) is 17.9 Å². The zero-order valence-corrected chi connectivity index (χ0v) is 18.9. The fourth-order valence-electron chi connectivity index (χ4n) is 2.40. The number of hydrogen-bond donors (Lipinski definition) is 2. The largest absolute Gasteiger partial charge is 0.444 e. The highest BCUT2D eigenvalue weighted by atomic mass is 35.5. The normalized spacial score (nSPS) is 13.4. The summed E-state index contributed by atoms with van der Waals surface area (Å²) in [7, 11) is -3.66. The van der Waals surface area contributed by atoms with Crippen molar-refractivity contribution >= 4 is 27.7 Å². The van der Waals surface area contributed by atoms with Crippen LogP contribution in [0.4, 0.5) is 4.79 Å². The molecular weight excluding hydrogens is 388 g/mol. The number of benzene rings is 1. The van der Waals surface area contributed by atoms with E-state index >= 15 is 0 Å². The molecule has 0 saturated carbocycles. The molecule has 0 atom stereocenters. The third-order valence-corrected chi connectivity index (χ3v) is 5.35. The Morgan fingerprint density at radius 2 is 1.63 bits per heavy atom. The van der Waals surface area contributed by atoms with Crippen LogP contribution < -0.4 is 10.0 Å². The standard InChI is InChI=1S/C19H31ClN2O4S/c1-17(2,3)22-27(24,25)14-10-9-13(15(20)11-14)12-19(7,8)21-16(23)26-18(4,5)6/h9-11,22H,12H2,1-8H3,(H,21,23). The van der Waals surface area contributed by atoms with Crippen molar-refractivity contribution in [2.45, 2.75) is 83.4 Å². The maximum atomic E-state index is 12.4. The lowest BCUT2D eigenvalue weighted by Gasteiger charge is -2.29. The molecule has 0 bridgehead atoms. The lowest BCUT2D eigenvalue weighted by atomic mass is 9.95. The minimum absolute atomic E-state index is 0.101. The summed E-state index contributed by atoms with van der Waals surface area (Å²) in [5.74, 6) is 0. The van der Waals surface area contributed by atoms with Gasteiger partial charge >= 0.3 is 6.09 Å². The van der Waals surface area contributed by atoms with Gasteiger partial charge in [0.2, 0.25) is 10.0 Å². The molecule has 1 aromatic carbocycles. The zero-order chi connectivity index (χ0) is 21.3. The average Bonchev–Trinajstić information content (AvgIpc) is 2.34. The van der Waals surface area contributed by atoms with Crippen LogP contribution in [0.2, 0.25) is 5.02 Å². The highest BCUT2D eigenvalue weighted by molar-refractivity contribution is 7.89. The molecule has 8 heteroatoms. The van der Waals surface area contributed by atoms with Gasteiger partial charge in [0, 0.05) is 16.1 Å². The number of halogens is 1. The maximum Gasteiger partial charge on any atom is 0.408 e. The van der Waals surface area contributed by atoms with Gasteiger partial charge in [-0.15, -0.1) is 0 Å². The predicted molar refractivity (Wildman–Crippen MR) is 109 cm³/mol. The van der Waals surface area contributed by atoms with Crippen LogP contribution in [0.15, 0.2) is 23.1 Å². The summed E-state index contributed by atoms with van der Waals surface area (Å²) in [6.45, 7) is 14.4. The fourth-order valence-corrected chi connectivity index (χ4v) is 4.16. The summed E-state index contributed by atoms with van der Waals surface area (Å²) in [5.41, 5.74) is -1.08. The first-order valence-electron chi connectivity index (χ1n) is 8.74. The molecule has 154 valence electrons. The van der Waals surface area contributed by atoms with Crippen LogP contribution in [0.3, 0.4) is 0 Å². The molecule has 0 aromatic heterocycles. The molecule has 0 saturated heterocycles. The minimum Gasteiger partial charge on any atom is -0.444 e. The van der Waals surface area contributed by atoms with Crippen molar-refractivity contribution in [3.05, 3.63) is 28.8 Å². The highest BCUT2D eigenvalue weighted by Crippen LogP contribution is 2.25. The SMILES string of the molecule is CC(C)(C)NS(=O)(=O)c1ccc(CC(C)(C)NC(=O)OC(C)(C)C)c(Cl)c1. The summed E-state index contributed by atoms with van der Waals surface area (Å²) in [6, 6.07) is 4.60. The van der Waals surface area contributed by atoms with Gasteiger partial charge in [-0.3, -0.25) is 0 Å². The Bertz CT molecular complexity index is 791. The second-order valence-corrected chi connectivity index (χ2v) is 11.4. The molecular formula is C19H31ClN2O4S. The number of rotatable bonds is 5. The van der Waals surface area contributed by atoms with E-state index in [1.54, 1.807) is 47.6 Å². The topological polar surface area (TPSA) is 84.5 Å². The van der Waals surface area contributed by atoms with Gasteiger partial charge in [0.25, 0.3) is 0 Å². The molecule has 2 N–H and O–H groups in total. The summed E-state index contributed by atoms with van der Waals surface area (Å²) < 4.78 is 32.7. The van der Waals surface area contributed by atoms with Crippen molar-refractivity contribution < 1.29 is 17.9 Å². The van der Waals surface area contributed by atoms with Crippen molar-refractivity contribution in [3.8, 4) is 0 Å². The number of alkyl carbamates (subject to hydrolysis) is 1. The van der Waals surface area contributed by atoms with E-state index in [1.807, 2.05) is 13.8 Å². The fraction of sp³-hybridized carbons (Fsp3) is 0.632. The monoisotopic (exact) mass is 418 g/mol. The average molecular weight is 419 g/mol. The lowest BCUT2D eigenvalue weighted by Crippen LogP contribution is -2.47. The van der Waals surface area contributed by atoms with Gasteiger partial charge in [0.15, 0.2) is 0 Å². The van der Waals surface area contributed by atoms with Crippen LogP contribution in [0.1, 0.15) is 61.0 Å². The number of ether oxygens (including phenoxy) is 1. The predicted octanol–water partition coefficient (Wildman–Crippen LogP) is 4.26. The van der Waals surface area contributed by atoms with Crippen molar-refractivity contribution in [1.82, 2.24) is 10.0 Å². The number of sulfonamides is 1. The van der Waals surface area contributed by atoms with Crippen molar-refractivity contribution in [2.75, 3.05) is 0 Å². The minimum atomic E-state index is -3.66. The second-order valence-electron chi connectivity index (χ2n) is 9.30.